The highest BCUT2D eigenvalue weighted by atomic mass is 16.4. The standard InChI is InChI=1S/C15H15NO2/c1-16(11-12-5-3-2-4-6-12)14-9-7-13(8-10-14)15(17)18/h2-10H,11H2,1H3,(H,17,18). The van der Waals surface area contributed by atoms with Crippen LogP contribution in [0.2, 0.25) is 0 Å². The number of benzene rings is 2. The molecule has 0 radical (unpaired) electrons. The summed E-state index contributed by atoms with van der Waals surface area (Å²) in [5.41, 5.74) is 2.54. The highest BCUT2D eigenvalue weighted by molar-refractivity contribution is 5.88. The van der Waals surface area contributed by atoms with Crippen molar-refractivity contribution in [2.24, 2.45) is 0 Å². The molecule has 0 amide bonds. The van der Waals surface area contributed by atoms with Crippen molar-refractivity contribution in [2.75, 3.05) is 11.9 Å². The smallest absolute Gasteiger partial charge is 0.335 e. The Hall–Kier alpha value is -2.29. The molecular weight excluding hydrogens is 226 g/mol. The van der Waals surface area contributed by atoms with Gasteiger partial charge >= 0.3 is 5.97 Å². The molecule has 2 rings (SSSR count). The number of hydrogen-bond acceptors (Lipinski definition) is 2. The highest BCUT2D eigenvalue weighted by Gasteiger charge is 2.05. The maximum Gasteiger partial charge on any atom is 0.335 e. The Labute approximate surface area is 106 Å². The third-order valence-corrected chi connectivity index (χ3v) is 2.82. The Kier molecular flexibility index (Phi) is 3.63. The molecule has 1 N–H and O–H groups in total. The lowest BCUT2D eigenvalue weighted by molar-refractivity contribution is 0.0697. The molecule has 3 nitrogen and oxygen atoms in total. The average molecular weight is 241 g/mol. The van der Waals surface area contributed by atoms with Gasteiger partial charge in [0.1, 0.15) is 0 Å². The van der Waals surface area contributed by atoms with Gasteiger partial charge in [-0.1, -0.05) is 30.3 Å². The zero-order chi connectivity index (χ0) is 13.0. The maximum atomic E-state index is 10.8. The lowest BCUT2D eigenvalue weighted by Crippen LogP contribution is -2.16. The van der Waals surface area contributed by atoms with E-state index in [9.17, 15) is 4.79 Å². The monoisotopic (exact) mass is 241 g/mol. The zero-order valence-electron chi connectivity index (χ0n) is 10.2. The van der Waals surface area contributed by atoms with Gasteiger partial charge in [-0.05, 0) is 29.8 Å². The van der Waals surface area contributed by atoms with Crippen molar-refractivity contribution in [3.8, 4) is 0 Å². The van der Waals surface area contributed by atoms with Gasteiger partial charge < -0.3 is 10.0 Å². The molecule has 3 heteroatoms. The summed E-state index contributed by atoms with van der Waals surface area (Å²) in [6.45, 7) is 0.799. The third kappa shape index (κ3) is 2.88. The first-order chi connectivity index (χ1) is 8.66. The first-order valence-corrected chi connectivity index (χ1v) is 5.75. The van der Waals surface area contributed by atoms with Crippen LogP contribution in [0.4, 0.5) is 5.69 Å². The van der Waals surface area contributed by atoms with Gasteiger partial charge in [-0.3, -0.25) is 0 Å². The maximum absolute atomic E-state index is 10.8. The second kappa shape index (κ2) is 5.36. The van der Waals surface area contributed by atoms with Crippen LogP contribution in [-0.4, -0.2) is 18.1 Å². The molecule has 0 aliphatic heterocycles. The van der Waals surface area contributed by atoms with Crippen LogP contribution in [-0.2, 0) is 6.54 Å². The van der Waals surface area contributed by atoms with Gasteiger partial charge in [-0.25, -0.2) is 4.79 Å². The van der Waals surface area contributed by atoms with Crippen molar-refractivity contribution in [2.45, 2.75) is 6.54 Å². The molecule has 0 aliphatic carbocycles. The summed E-state index contributed by atoms with van der Waals surface area (Å²) in [5.74, 6) is -0.896. The van der Waals surface area contributed by atoms with Crippen molar-refractivity contribution in [1.29, 1.82) is 0 Å². The molecule has 0 atom stereocenters. The fraction of sp³-hybridized carbons (Fsp3) is 0.133. The Bertz CT molecular complexity index is 520. The van der Waals surface area contributed by atoms with E-state index in [1.54, 1.807) is 12.1 Å². The summed E-state index contributed by atoms with van der Waals surface area (Å²) in [6.07, 6.45) is 0. The third-order valence-electron chi connectivity index (χ3n) is 2.82. The summed E-state index contributed by atoms with van der Waals surface area (Å²) in [5, 5.41) is 8.84. The van der Waals surface area contributed by atoms with Crippen LogP contribution in [0.5, 0.6) is 0 Å². The number of hydrogen-bond donors (Lipinski definition) is 1. The van der Waals surface area contributed by atoms with Gasteiger partial charge in [0.15, 0.2) is 0 Å². The Morgan fingerprint density at radius 3 is 2.22 bits per heavy atom. The fourth-order valence-electron chi connectivity index (χ4n) is 1.81. The molecular formula is C15H15NO2. The molecule has 92 valence electrons. The molecule has 0 saturated heterocycles. The molecule has 0 unspecified atom stereocenters. The lowest BCUT2D eigenvalue weighted by atomic mass is 10.1. The Morgan fingerprint density at radius 1 is 1.06 bits per heavy atom. The van der Waals surface area contributed by atoms with Gasteiger partial charge in [-0.2, -0.15) is 0 Å². The van der Waals surface area contributed by atoms with E-state index < -0.39 is 5.97 Å². The highest BCUT2D eigenvalue weighted by Crippen LogP contribution is 2.16. The van der Waals surface area contributed by atoms with Crippen LogP contribution in [0.25, 0.3) is 0 Å². The molecule has 2 aromatic rings. The normalized spacial score (nSPS) is 10.1. The van der Waals surface area contributed by atoms with Gasteiger partial charge in [0, 0.05) is 19.3 Å². The van der Waals surface area contributed by atoms with Gasteiger partial charge in [0.05, 0.1) is 5.56 Å². The van der Waals surface area contributed by atoms with E-state index in [0.29, 0.717) is 5.56 Å². The van der Waals surface area contributed by atoms with E-state index >= 15 is 0 Å². The molecule has 0 aromatic heterocycles. The van der Waals surface area contributed by atoms with Gasteiger partial charge in [0.2, 0.25) is 0 Å². The van der Waals surface area contributed by atoms with Crippen molar-refractivity contribution in [3.05, 3.63) is 65.7 Å². The van der Waals surface area contributed by atoms with Crippen LogP contribution in [0.1, 0.15) is 15.9 Å². The number of rotatable bonds is 4. The molecule has 0 bridgehead atoms. The number of anilines is 1. The van der Waals surface area contributed by atoms with Crippen LogP contribution < -0.4 is 4.90 Å². The minimum Gasteiger partial charge on any atom is -0.478 e. The quantitative estimate of drug-likeness (QED) is 0.894. The molecule has 18 heavy (non-hydrogen) atoms. The number of carboxylic acids is 1. The van der Waals surface area contributed by atoms with Crippen molar-refractivity contribution in [1.82, 2.24) is 0 Å². The van der Waals surface area contributed by atoms with Gasteiger partial charge in [0.25, 0.3) is 0 Å². The van der Waals surface area contributed by atoms with E-state index in [1.165, 1.54) is 5.56 Å². The van der Waals surface area contributed by atoms with Crippen LogP contribution in [0, 0.1) is 0 Å². The zero-order valence-corrected chi connectivity index (χ0v) is 10.2. The predicted molar refractivity (Wildman–Crippen MR) is 72.0 cm³/mol. The van der Waals surface area contributed by atoms with Crippen molar-refractivity contribution < 1.29 is 9.90 Å². The Balaban J connectivity index is 2.09. The molecule has 2 aromatic carbocycles. The topological polar surface area (TPSA) is 40.5 Å². The Morgan fingerprint density at radius 2 is 1.67 bits per heavy atom. The lowest BCUT2D eigenvalue weighted by Gasteiger charge is -2.19. The summed E-state index contributed by atoms with van der Waals surface area (Å²) in [7, 11) is 1.99. The fourth-order valence-corrected chi connectivity index (χ4v) is 1.81. The SMILES string of the molecule is CN(Cc1ccccc1)c1ccc(C(=O)O)cc1. The molecule has 0 saturated carbocycles. The van der Waals surface area contributed by atoms with E-state index in [0.717, 1.165) is 12.2 Å². The first-order valence-electron chi connectivity index (χ1n) is 5.75. The van der Waals surface area contributed by atoms with E-state index in [4.69, 9.17) is 5.11 Å². The van der Waals surface area contributed by atoms with Crippen molar-refractivity contribution >= 4 is 11.7 Å². The average Bonchev–Trinajstić information content (AvgIpc) is 2.40. The summed E-state index contributed by atoms with van der Waals surface area (Å²) in [4.78, 5) is 12.8. The second-order valence-electron chi connectivity index (χ2n) is 4.19. The molecule has 0 aliphatic rings. The van der Waals surface area contributed by atoms with E-state index in [1.807, 2.05) is 37.4 Å². The van der Waals surface area contributed by atoms with Crippen molar-refractivity contribution in [3.63, 3.8) is 0 Å². The van der Waals surface area contributed by atoms with Crippen LogP contribution >= 0.6 is 0 Å². The molecule has 0 spiro atoms. The van der Waals surface area contributed by atoms with E-state index in [2.05, 4.69) is 17.0 Å². The summed E-state index contributed by atoms with van der Waals surface area (Å²) < 4.78 is 0. The van der Waals surface area contributed by atoms with Gasteiger partial charge in [-0.15, -0.1) is 0 Å². The first kappa shape index (κ1) is 12.2. The minimum absolute atomic E-state index is 0.312. The molecule has 0 heterocycles. The predicted octanol–water partition coefficient (Wildman–Crippen LogP) is 3.02. The summed E-state index contributed by atoms with van der Waals surface area (Å²) in [6, 6.07) is 17.1. The minimum atomic E-state index is -0.896. The second-order valence-corrected chi connectivity index (χ2v) is 4.19. The number of nitrogens with zero attached hydrogens (tertiary/aromatic N) is 1. The molecule has 0 fully saturated rings. The van der Waals surface area contributed by atoms with E-state index in [-0.39, 0.29) is 0 Å². The summed E-state index contributed by atoms with van der Waals surface area (Å²) >= 11 is 0. The number of carboxylic acid groups (broad SMARTS) is 1. The number of carbonyl (C=O) groups is 1. The van der Waals surface area contributed by atoms with Crippen LogP contribution in [0.3, 0.4) is 0 Å². The largest absolute Gasteiger partial charge is 0.478 e. The van der Waals surface area contributed by atoms with Crippen LogP contribution in [0.15, 0.2) is 54.6 Å². The number of aromatic carboxylic acids is 1.